The first-order chi connectivity index (χ1) is 17.0. The van der Waals surface area contributed by atoms with E-state index in [1.807, 2.05) is 0 Å². The number of anilines is 1. The summed E-state index contributed by atoms with van der Waals surface area (Å²) in [5.74, 6) is -2.07. The molecule has 0 spiro atoms. The monoisotopic (exact) mass is 513 g/mol. The van der Waals surface area contributed by atoms with Crippen molar-refractivity contribution in [3.8, 4) is 0 Å². The lowest BCUT2D eigenvalue weighted by molar-refractivity contribution is -0.187. The van der Waals surface area contributed by atoms with Crippen molar-refractivity contribution in [3.63, 3.8) is 0 Å². The van der Waals surface area contributed by atoms with E-state index in [9.17, 15) is 22.8 Å². The van der Waals surface area contributed by atoms with Crippen LogP contribution in [0.2, 0.25) is 0 Å². The number of ether oxygens (including phenoxy) is 5. The van der Waals surface area contributed by atoms with Crippen LogP contribution in [0, 0.1) is 6.92 Å². The Kier molecular flexibility index (Phi) is 8.16. The van der Waals surface area contributed by atoms with Gasteiger partial charge in [0.2, 0.25) is 0 Å². The van der Waals surface area contributed by atoms with E-state index in [4.69, 9.17) is 23.7 Å². The fourth-order valence-corrected chi connectivity index (χ4v) is 3.81. The van der Waals surface area contributed by atoms with Gasteiger partial charge in [0.15, 0.2) is 6.29 Å². The maximum absolute atomic E-state index is 13.2. The van der Waals surface area contributed by atoms with Crippen LogP contribution in [-0.4, -0.2) is 56.4 Å². The van der Waals surface area contributed by atoms with Crippen molar-refractivity contribution < 1.29 is 46.4 Å². The highest BCUT2D eigenvalue weighted by Gasteiger charge is 2.55. The van der Waals surface area contributed by atoms with Crippen LogP contribution in [0.4, 0.5) is 19.0 Å². The predicted molar refractivity (Wildman–Crippen MR) is 118 cm³/mol. The van der Waals surface area contributed by atoms with Crippen molar-refractivity contribution in [2.24, 2.45) is 0 Å². The molecule has 10 nitrogen and oxygen atoms in total. The number of carbonyl (C=O) groups excluding carboxylic acids is 2. The van der Waals surface area contributed by atoms with Gasteiger partial charge in [-0.2, -0.15) is 13.2 Å². The lowest BCUT2D eigenvalue weighted by Gasteiger charge is -2.30. The average Bonchev–Trinajstić information content (AvgIpc) is 3.38. The zero-order valence-corrected chi connectivity index (χ0v) is 20.3. The first-order valence-corrected chi connectivity index (χ1v) is 10.8. The number of carbonyl (C=O) groups is 2. The van der Waals surface area contributed by atoms with Crippen molar-refractivity contribution in [2.75, 3.05) is 39.9 Å². The molecule has 1 aliphatic rings. The Bertz CT molecular complexity index is 1100. The normalized spacial score (nSPS) is 15.4. The van der Waals surface area contributed by atoms with Crippen LogP contribution in [0.3, 0.4) is 0 Å². The third kappa shape index (κ3) is 5.13. The molecule has 1 fully saturated rings. The molecule has 196 valence electrons. The molecule has 2 aromatic rings. The molecule has 13 heteroatoms. The number of nitrogens with one attached hydrogen (secondary N) is 1. The lowest BCUT2D eigenvalue weighted by atomic mass is 9.93. The van der Waals surface area contributed by atoms with E-state index in [0.29, 0.717) is 5.56 Å². The van der Waals surface area contributed by atoms with Crippen molar-refractivity contribution in [1.82, 2.24) is 9.97 Å². The summed E-state index contributed by atoms with van der Waals surface area (Å²) in [5.41, 5.74) is -3.18. The summed E-state index contributed by atoms with van der Waals surface area (Å²) in [6.45, 7) is 3.50. The fraction of sp³-hybridized carbons (Fsp3) is 0.478. The number of aromatic nitrogens is 2. The summed E-state index contributed by atoms with van der Waals surface area (Å²) in [6.07, 6.45) is -5.65. The van der Waals surface area contributed by atoms with Gasteiger partial charge >= 0.3 is 23.7 Å². The molecule has 2 heterocycles. The smallest absolute Gasteiger partial charge is 0.416 e. The third-order valence-electron chi connectivity index (χ3n) is 5.57. The SMILES string of the molecule is COC(=O)C(OC)(C(=O)OC)c1nc(C)nc(N[C@H](C)c2cccc(C(F)(F)F)c2)c1C1OCCO1. The Morgan fingerprint density at radius 3 is 2.22 bits per heavy atom. The van der Waals surface area contributed by atoms with Gasteiger partial charge in [0.1, 0.15) is 17.3 Å². The van der Waals surface area contributed by atoms with Crippen LogP contribution < -0.4 is 5.32 Å². The van der Waals surface area contributed by atoms with E-state index in [0.717, 1.165) is 33.5 Å². The second kappa shape index (κ2) is 10.8. The number of nitrogens with zero attached hydrogens (tertiary/aromatic N) is 2. The predicted octanol–water partition coefficient (Wildman–Crippen LogP) is 3.21. The molecule has 1 aliphatic heterocycles. The van der Waals surface area contributed by atoms with Crippen LogP contribution in [-0.2, 0) is 45.1 Å². The summed E-state index contributed by atoms with van der Waals surface area (Å²) in [7, 11) is 3.22. The number of methoxy groups -OCH3 is 3. The van der Waals surface area contributed by atoms with Crippen LogP contribution in [0.1, 0.15) is 47.5 Å². The number of rotatable bonds is 8. The highest BCUT2D eigenvalue weighted by Crippen LogP contribution is 2.40. The number of esters is 2. The summed E-state index contributed by atoms with van der Waals surface area (Å²) < 4.78 is 66.1. The number of hydrogen-bond donors (Lipinski definition) is 1. The highest BCUT2D eigenvalue weighted by molar-refractivity contribution is 6.04. The van der Waals surface area contributed by atoms with Crippen molar-refractivity contribution >= 4 is 17.8 Å². The van der Waals surface area contributed by atoms with Gasteiger partial charge in [0.05, 0.1) is 38.6 Å². The average molecular weight is 513 g/mol. The van der Waals surface area contributed by atoms with E-state index in [1.54, 1.807) is 6.92 Å². The molecule has 1 aromatic carbocycles. The molecule has 0 unspecified atom stereocenters. The first kappa shape index (κ1) is 27.3. The minimum atomic E-state index is -4.52. The third-order valence-corrected chi connectivity index (χ3v) is 5.57. The molecule has 0 bridgehead atoms. The summed E-state index contributed by atoms with van der Waals surface area (Å²) in [5, 5.41) is 3.04. The number of alkyl halides is 3. The quantitative estimate of drug-likeness (QED) is 0.416. The molecule has 0 saturated carbocycles. The van der Waals surface area contributed by atoms with Crippen molar-refractivity contribution in [1.29, 1.82) is 0 Å². The summed E-state index contributed by atoms with van der Waals surface area (Å²) in [6, 6.07) is 4.09. The Morgan fingerprint density at radius 2 is 1.69 bits per heavy atom. The van der Waals surface area contributed by atoms with Gasteiger partial charge in [0.25, 0.3) is 0 Å². The standard InChI is InChI=1S/C23H26F3N3O7/c1-12(14-7-6-8-15(11-14)23(24,25)26)27-18-16(19-35-9-10-36-19)17(28-13(2)29-18)22(34-5,20(30)32-3)21(31)33-4/h6-8,11-12,19H,9-10H2,1-5H3,(H,27,28,29)/t12-/m1/s1. The number of aryl methyl sites for hydroxylation is 1. The van der Waals surface area contributed by atoms with E-state index < -0.39 is 41.6 Å². The molecule has 0 amide bonds. The Balaban J connectivity index is 2.20. The number of hydrogen-bond acceptors (Lipinski definition) is 10. The fourth-order valence-electron chi connectivity index (χ4n) is 3.81. The number of halogens is 3. The number of benzene rings is 1. The van der Waals surface area contributed by atoms with Gasteiger partial charge < -0.3 is 29.0 Å². The zero-order chi connectivity index (χ0) is 26.7. The molecule has 1 atom stereocenters. The molecular formula is C23H26F3N3O7. The summed E-state index contributed by atoms with van der Waals surface area (Å²) in [4.78, 5) is 34.5. The van der Waals surface area contributed by atoms with Gasteiger partial charge in [0, 0.05) is 13.2 Å². The molecule has 0 radical (unpaired) electrons. The molecule has 0 aliphatic carbocycles. The van der Waals surface area contributed by atoms with Crippen LogP contribution in [0.25, 0.3) is 0 Å². The van der Waals surface area contributed by atoms with Crippen LogP contribution >= 0.6 is 0 Å². The maximum atomic E-state index is 13.2. The minimum Gasteiger partial charge on any atom is -0.466 e. The summed E-state index contributed by atoms with van der Waals surface area (Å²) >= 11 is 0. The van der Waals surface area contributed by atoms with Gasteiger partial charge in [-0.15, -0.1) is 0 Å². The van der Waals surface area contributed by atoms with E-state index in [1.165, 1.54) is 19.1 Å². The van der Waals surface area contributed by atoms with E-state index in [-0.39, 0.29) is 36.1 Å². The Labute approximate surface area is 205 Å². The van der Waals surface area contributed by atoms with E-state index in [2.05, 4.69) is 15.3 Å². The van der Waals surface area contributed by atoms with Gasteiger partial charge in [-0.1, -0.05) is 12.1 Å². The van der Waals surface area contributed by atoms with Crippen LogP contribution in [0.15, 0.2) is 24.3 Å². The minimum absolute atomic E-state index is 0.0366. The maximum Gasteiger partial charge on any atom is 0.416 e. The van der Waals surface area contributed by atoms with Gasteiger partial charge in [-0.05, 0) is 31.5 Å². The van der Waals surface area contributed by atoms with Gasteiger partial charge in [-0.3, -0.25) is 0 Å². The Hall–Kier alpha value is -3.29. The molecule has 1 aromatic heterocycles. The molecule has 1 saturated heterocycles. The van der Waals surface area contributed by atoms with Crippen molar-refractivity contribution in [2.45, 2.75) is 38.0 Å². The van der Waals surface area contributed by atoms with Gasteiger partial charge in [-0.25, -0.2) is 19.6 Å². The molecule has 3 rings (SSSR count). The second-order valence-corrected chi connectivity index (χ2v) is 7.81. The second-order valence-electron chi connectivity index (χ2n) is 7.81. The highest BCUT2D eigenvalue weighted by atomic mass is 19.4. The molecule has 36 heavy (non-hydrogen) atoms. The topological polar surface area (TPSA) is 118 Å². The molecular weight excluding hydrogens is 487 g/mol. The molecule has 1 N–H and O–H groups in total. The Morgan fingerprint density at radius 1 is 1.08 bits per heavy atom. The van der Waals surface area contributed by atoms with Crippen molar-refractivity contribution in [3.05, 3.63) is 52.5 Å². The lowest BCUT2D eigenvalue weighted by Crippen LogP contribution is -2.49. The zero-order valence-electron chi connectivity index (χ0n) is 20.3. The van der Waals surface area contributed by atoms with E-state index >= 15 is 0 Å². The largest absolute Gasteiger partial charge is 0.466 e. The first-order valence-electron chi connectivity index (χ1n) is 10.8. The van der Waals surface area contributed by atoms with Crippen LogP contribution in [0.5, 0.6) is 0 Å².